The van der Waals surface area contributed by atoms with E-state index in [4.69, 9.17) is 10.1 Å². The summed E-state index contributed by atoms with van der Waals surface area (Å²) in [5.41, 5.74) is 4.42. The number of aliphatic hydroxyl groups excluding tert-OH is 1. The minimum absolute atomic E-state index is 0.00675. The summed E-state index contributed by atoms with van der Waals surface area (Å²) in [6.07, 6.45) is 10.4. The van der Waals surface area contributed by atoms with Gasteiger partial charge in [0, 0.05) is 55.5 Å². The fourth-order valence-corrected chi connectivity index (χ4v) is 5.71. The molecule has 3 fully saturated rings. The summed E-state index contributed by atoms with van der Waals surface area (Å²) in [6.45, 7) is 5.56. The van der Waals surface area contributed by atoms with Gasteiger partial charge < -0.3 is 26.0 Å². The zero-order chi connectivity index (χ0) is 26.1. The molecule has 0 spiro atoms. The molecule has 2 aliphatic carbocycles. The molecule has 6 rings (SSSR count). The lowest BCUT2D eigenvalue weighted by Crippen LogP contribution is -2.38. The van der Waals surface area contributed by atoms with Gasteiger partial charge in [-0.1, -0.05) is 25.0 Å². The molecule has 4 N–H and O–H groups in total. The average molecular weight is 518 g/mol. The van der Waals surface area contributed by atoms with Crippen LogP contribution in [0.1, 0.15) is 67.3 Å². The quantitative estimate of drug-likeness (QED) is 0.342. The Morgan fingerprint density at radius 2 is 1.84 bits per heavy atom. The van der Waals surface area contributed by atoms with Crippen molar-refractivity contribution in [3.63, 3.8) is 0 Å². The lowest BCUT2D eigenvalue weighted by Gasteiger charge is -2.29. The van der Waals surface area contributed by atoms with Crippen molar-refractivity contribution in [2.24, 2.45) is 0 Å². The van der Waals surface area contributed by atoms with Crippen molar-refractivity contribution in [2.75, 3.05) is 36.8 Å². The van der Waals surface area contributed by atoms with Crippen LogP contribution in [0.4, 0.5) is 11.6 Å². The Labute approximate surface area is 224 Å². The number of hydrogen-bond acceptors (Lipinski definition) is 7. The van der Waals surface area contributed by atoms with Gasteiger partial charge in [-0.05, 0) is 62.6 Å². The molecule has 1 saturated heterocycles. The maximum atomic E-state index is 12.6. The number of anilines is 2. The summed E-state index contributed by atoms with van der Waals surface area (Å²) in [6, 6.07) is 8.84. The monoisotopic (exact) mass is 517 g/mol. The van der Waals surface area contributed by atoms with E-state index in [-0.39, 0.29) is 12.0 Å². The molecule has 0 unspecified atom stereocenters. The second-order valence-electron chi connectivity index (χ2n) is 11.2. The number of aromatic nitrogens is 3. The summed E-state index contributed by atoms with van der Waals surface area (Å²) >= 11 is 0. The summed E-state index contributed by atoms with van der Waals surface area (Å²) in [7, 11) is 0. The molecule has 1 amide bonds. The van der Waals surface area contributed by atoms with E-state index in [2.05, 4.69) is 33.0 Å². The molecule has 2 aromatic heterocycles. The van der Waals surface area contributed by atoms with Crippen LogP contribution in [-0.4, -0.2) is 74.9 Å². The maximum absolute atomic E-state index is 12.6. The Morgan fingerprint density at radius 1 is 1.05 bits per heavy atom. The maximum Gasteiger partial charge on any atom is 0.251 e. The van der Waals surface area contributed by atoms with E-state index in [9.17, 15) is 9.90 Å². The molecule has 3 heterocycles. The third-order valence-electron chi connectivity index (χ3n) is 8.16. The number of aliphatic hydroxyl groups is 1. The molecule has 1 aromatic carbocycles. The normalized spacial score (nSPS) is 19.2. The van der Waals surface area contributed by atoms with Crippen molar-refractivity contribution in [1.29, 1.82) is 0 Å². The molecular formula is C29H39N7O2. The van der Waals surface area contributed by atoms with Gasteiger partial charge in [0.05, 0.1) is 12.3 Å². The van der Waals surface area contributed by atoms with Gasteiger partial charge in [0.15, 0.2) is 5.65 Å². The molecule has 3 aromatic rings. The van der Waals surface area contributed by atoms with Crippen LogP contribution in [0.3, 0.4) is 0 Å². The number of likely N-dealkylation sites (tertiary alicyclic amines) is 1. The second kappa shape index (κ2) is 10.9. The average Bonchev–Trinajstić information content (AvgIpc) is 3.38. The third-order valence-corrected chi connectivity index (χ3v) is 8.16. The van der Waals surface area contributed by atoms with Gasteiger partial charge in [0.1, 0.15) is 11.6 Å². The third kappa shape index (κ3) is 5.63. The summed E-state index contributed by atoms with van der Waals surface area (Å²) in [4.78, 5) is 20.0. The Balaban J connectivity index is 1.26. The Kier molecular flexibility index (Phi) is 7.21. The molecule has 202 valence electrons. The summed E-state index contributed by atoms with van der Waals surface area (Å²) in [5, 5.41) is 24.9. The van der Waals surface area contributed by atoms with E-state index < -0.39 is 0 Å². The minimum atomic E-state index is -0.156. The van der Waals surface area contributed by atoms with E-state index in [1.165, 1.54) is 25.7 Å². The van der Waals surface area contributed by atoms with Crippen molar-refractivity contribution in [3.05, 3.63) is 41.6 Å². The molecular weight excluding hydrogens is 478 g/mol. The van der Waals surface area contributed by atoms with Crippen LogP contribution < -0.4 is 16.0 Å². The lowest BCUT2D eigenvalue weighted by molar-refractivity contribution is 0.0845. The van der Waals surface area contributed by atoms with Crippen LogP contribution in [0.2, 0.25) is 0 Å². The molecule has 9 nitrogen and oxygen atoms in total. The highest BCUT2D eigenvalue weighted by Crippen LogP contribution is 2.30. The highest BCUT2D eigenvalue weighted by atomic mass is 16.3. The second-order valence-corrected chi connectivity index (χ2v) is 11.2. The number of carbonyl (C=O) groups is 1. The minimum Gasteiger partial charge on any atom is -0.393 e. The van der Waals surface area contributed by atoms with Crippen molar-refractivity contribution >= 4 is 23.2 Å². The number of carbonyl (C=O) groups excluding carboxylic acids is 1. The zero-order valence-electron chi connectivity index (χ0n) is 22.2. The van der Waals surface area contributed by atoms with Gasteiger partial charge >= 0.3 is 0 Å². The van der Waals surface area contributed by atoms with Crippen molar-refractivity contribution in [3.8, 4) is 11.1 Å². The summed E-state index contributed by atoms with van der Waals surface area (Å²) < 4.78 is 1.89. The van der Waals surface area contributed by atoms with Gasteiger partial charge in [-0.2, -0.15) is 9.61 Å². The predicted octanol–water partition coefficient (Wildman–Crippen LogP) is 3.82. The molecule has 38 heavy (non-hydrogen) atoms. The standard InChI is InChI=1S/C29H39N7O2/c1-19-16-20(6-9-24(19)29(38)33-22-7-8-22)25-18-31-36-27(30-12-15-35-13-10-23(37)11-14-35)17-26(34-28(25)36)32-21-4-2-3-5-21/h6,9,16-18,21-23,30,37H,2-5,7-8,10-15H2,1H3,(H,32,34)(H,33,38). The number of hydrogen-bond donors (Lipinski definition) is 4. The van der Waals surface area contributed by atoms with Crippen molar-refractivity contribution in [1.82, 2.24) is 24.8 Å². The van der Waals surface area contributed by atoms with E-state index in [0.29, 0.717) is 12.1 Å². The van der Waals surface area contributed by atoms with Crippen LogP contribution in [0.15, 0.2) is 30.5 Å². The first-order valence-electron chi connectivity index (χ1n) is 14.2. The topological polar surface area (TPSA) is 107 Å². The van der Waals surface area contributed by atoms with Crippen LogP contribution >= 0.6 is 0 Å². The number of fused-ring (bicyclic) bond motifs is 1. The number of nitrogens with zero attached hydrogens (tertiary/aromatic N) is 4. The zero-order valence-corrected chi connectivity index (χ0v) is 22.2. The lowest BCUT2D eigenvalue weighted by atomic mass is 10.0. The molecule has 9 heteroatoms. The van der Waals surface area contributed by atoms with Gasteiger partial charge in [0.25, 0.3) is 5.91 Å². The molecule has 2 saturated carbocycles. The SMILES string of the molecule is Cc1cc(-c2cnn3c(NCCN4CCC(O)CC4)cc(NC4CCCC4)nc23)ccc1C(=O)NC1CC1. The van der Waals surface area contributed by atoms with E-state index >= 15 is 0 Å². The van der Waals surface area contributed by atoms with Gasteiger partial charge in [-0.3, -0.25) is 4.79 Å². The number of aryl methyl sites for hydroxylation is 1. The van der Waals surface area contributed by atoms with Crippen LogP contribution in [-0.2, 0) is 0 Å². The molecule has 0 radical (unpaired) electrons. The largest absolute Gasteiger partial charge is 0.393 e. The Morgan fingerprint density at radius 3 is 2.58 bits per heavy atom. The fraction of sp³-hybridized carbons (Fsp3) is 0.552. The Bertz CT molecular complexity index is 1290. The fourth-order valence-electron chi connectivity index (χ4n) is 5.71. The molecule has 0 atom stereocenters. The Hall–Kier alpha value is -3.17. The van der Waals surface area contributed by atoms with Gasteiger partial charge in [-0.25, -0.2) is 4.98 Å². The number of amides is 1. The van der Waals surface area contributed by atoms with E-state index in [1.807, 2.05) is 29.8 Å². The number of nitrogens with one attached hydrogen (secondary N) is 3. The molecule has 0 bridgehead atoms. The molecule has 1 aliphatic heterocycles. The van der Waals surface area contributed by atoms with E-state index in [1.54, 1.807) is 0 Å². The van der Waals surface area contributed by atoms with Crippen molar-refractivity contribution < 1.29 is 9.90 Å². The van der Waals surface area contributed by atoms with Gasteiger partial charge in [0.2, 0.25) is 0 Å². The highest BCUT2D eigenvalue weighted by Gasteiger charge is 2.25. The van der Waals surface area contributed by atoms with Crippen LogP contribution in [0.25, 0.3) is 16.8 Å². The first-order chi connectivity index (χ1) is 18.5. The number of piperidine rings is 1. The smallest absolute Gasteiger partial charge is 0.251 e. The number of benzene rings is 1. The predicted molar refractivity (Wildman–Crippen MR) is 150 cm³/mol. The highest BCUT2D eigenvalue weighted by molar-refractivity contribution is 5.97. The number of rotatable bonds is 9. The van der Waals surface area contributed by atoms with Crippen LogP contribution in [0.5, 0.6) is 0 Å². The van der Waals surface area contributed by atoms with Crippen LogP contribution in [0, 0.1) is 6.92 Å². The first-order valence-corrected chi connectivity index (χ1v) is 14.2. The van der Waals surface area contributed by atoms with Crippen molar-refractivity contribution in [2.45, 2.75) is 76.5 Å². The summed E-state index contributed by atoms with van der Waals surface area (Å²) in [5.74, 6) is 1.79. The molecule has 3 aliphatic rings. The van der Waals surface area contributed by atoms with E-state index in [0.717, 1.165) is 91.4 Å². The first kappa shape index (κ1) is 25.1. The van der Waals surface area contributed by atoms with Gasteiger partial charge in [-0.15, -0.1) is 0 Å².